The highest BCUT2D eigenvalue weighted by Gasteiger charge is 2.15. The lowest BCUT2D eigenvalue weighted by Gasteiger charge is -2.30. The van der Waals surface area contributed by atoms with Crippen molar-refractivity contribution in [1.29, 1.82) is 5.26 Å². The largest absolute Gasteiger partial charge is 0.397 e. The maximum absolute atomic E-state index is 8.92. The van der Waals surface area contributed by atoms with Gasteiger partial charge in [0, 0.05) is 19.7 Å². The Morgan fingerprint density at radius 3 is 2.76 bits per heavy atom. The van der Waals surface area contributed by atoms with Gasteiger partial charge < -0.3 is 15.4 Å². The van der Waals surface area contributed by atoms with Gasteiger partial charge in [0.2, 0.25) is 0 Å². The molecule has 92 valence electrons. The third-order valence-electron chi connectivity index (χ3n) is 2.75. The van der Waals surface area contributed by atoms with Gasteiger partial charge in [-0.05, 0) is 32.0 Å². The van der Waals surface area contributed by atoms with Crippen molar-refractivity contribution in [3.8, 4) is 6.07 Å². The predicted octanol–water partition coefficient (Wildman–Crippen LogP) is 2.00. The van der Waals surface area contributed by atoms with Gasteiger partial charge in [-0.2, -0.15) is 5.26 Å². The zero-order valence-corrected chi connectivity index (χ0v) is 10.6. The van der Waals surface area contributed by atoms with E-state index in [4.69, 9.17) is 15.7 Å². The molecule has 17 heavy (non-hydrogen) atoms. The number of nitriles is 1. The van der Waals surface area contributed by atoms with Crippen LogP contribution in [0.25, 0.3) is 0 Å². The van der Waals surface area contributed by atoms with Crippen LogP contribution < -0.4 is 10.6 Å². The third kappa shape index (κ3) is 3.11. The van der Waals surface area contributed by atoms with Gasteiger partial charge in [-0.25, -0.2) is 0 Å². The summed E-state index contributed by atoms with van der Waals surface area (Å²) >= 11 is 0. The number of hydrogen-bond donors (Lipinski definition) is 1. The van der Waals surface area contributed by atoms with Gasteiger partial charge in [0.1, 0.15) is 0 Å². The molecule has 0 saturated carbocycles. The first kappa shape index (κ1) is 13.3. The van der Waals surface area contributed by atoms with Gasteiger partial charge in [0.15, 0.2) is 0 Å². The van der Waals surface area contributed by atoms with E-state index in [0.717, 1.165) is 12.2 Å². The molecule has 4 heteroatoms. The zero-order valence-electron chi connectivity index (χ0n) is 10.6. The van der Waals surface area contributed by atoms with Crippen LogP contribution in [0, 0.1) is 11.3 Å². The fraction of sp³-hybridized carbons (Fsp3) is 0.462. The molecule has 0 spiro atoms. The highest BCUT2D eigenvalue weighted by atomic mass is 16.5. The number of nitrogens with zero attached hydrogens (tertiary/aromatic N) is 2. The molecular weight excluding hydrogens is 214 g/mol. The second kappa shape index (κ2) is 6.12. The molecule has 0 aliphatic heterocycles. The van der Waals surface area contributed by atoms with Gasteiger partial charge in [-0.1, -0.05) is 0 Å². The van der Waals surface area contributed by atoms with Crippen molar-refractivity contribution in [2.75, 3.05) is 30.9 Å². The molecule has 4 nitrogen and oxygen atoms in total. The number of nitrogens with two attached hydrogens (primary N) is 1. The highest BCUT2D eigenvalue weighted by Crippen LogP contribution is 2.26. The van der Waals surface area contributed by atoms with Crippen molar-refractivity contribution in [3.63, 3.8) is 0 Å². The summed E-state index contributed by atoms with van der Waals surface area (Å²) in [6.45, 7) is 5.59. The molecule has 0 saturated heterocycles. The Hall–Kier alpha value is -1.73. The van der Waals surface area contributed by atoms with Crippen molar-refractivity contribution in [2.45, 2.75) is 19.9 Å². The standard InChI is InChI=1S/C13H19N3O/c1-4-16(10(2)9-17-3)13-7-11(8-14)5-6-12(13)15/h5-7,10H,4,9,15H2,1-3H3. The van der Waals surface area contributed by atoms with Crippen LogP contribution in [0.3, 0.4) is 0 Å². The van der Waals surface area contributed by atoms with Gasteiger partial charge in [0.05, 0.1) is 29.6 Å². The lowest BCUT2D eigenvalue weighted by molar-refractivity contribution is 0.182. The maximum atomic E-state index is 8.92. The van der Waals surface area contributed by atoms with Crippen LogP contribution in [0.1, 0.15) is 19.4 Å². The van der Waals surface area contributed by atoms with Crippen molar-refractivity contribution in [1.82, 2.24) is 0 Å². The average Bonchev–Trinajstić information content (AvgIpc) is 2.33. The van der Waals surface area contributed by atoms with Crippen LogP contribution in [-0.2, 0) is 4.74 Å². The molecule has 0 aromatic heterocycles. The summed E-state index contributed by atoms with van der Waals surface area (Å²) in [5.74, 6) is 0. The van der Waals surface area contributed by atoms with Crippen LogP contribution in [0.15, 0.2) is 18.2 Å². The lowest BCUT2D eigenvalue weighted by Crippen LogP contribution is -2.36. The molecule has 1 aromatic carbocycles. The Labute approximate surface area is 103 Å². The number of likely N-dealkylation sites (N-methyl/N-ethyl adjacent to an activating group) is 1. The molecule has 0 amide bonds. The van der Waals surface area contributed by atoms with Crippen molar-refractivity contribution in [2.24, 2.45) is 0 Å². The minimum Gasteiger partial charge on any atom is -0.397 e. The fourth-order valence-corrected chi connectivity index (χ4v) is 1.91. The first-order valence-corrected chi connectivity index (χ1v) is 5.69. The number of anilines is 2. The SMILES string of the molecule is CCN(c1cc(C#N)ccc1N)C(C)COC. The van der Waals surface area contributed by atoms with Crippen molar-refractivity contribution < 1.29 is 4.74 Å². The number of nitrogen functional groups attached to an aromatic ring is 1. The van der Waals surface area contributed by atoms with E-state index < -0.39 is 0 Å². The fourth-order valence-electron chi connectivity index (χ4n) is 1.91. The van der Waals surface area contributed by atoms with Crippen LogP contribution in [0.4, 0.5) is 11.4 Å². The Kier molecular flexibility index (Phi) is 4.80. The van der Waals surface area contributed by atoms with Crippen molar-refractivity contribution in [3.05, 3.63) is 23.8 Å². The predicted molar refractivity (Wildman–Crippen MR) is 69.9 cm³/mol. The quantitative estimate of drug-likeness (QED) is 0.790. The first-order chi connectivity index (χ1) is 8.13. The average molecular weight is 233 g/mol. The van der Waals surface area contributed by atoms with E-state index in [0.29, 0.717) is 17.9 Å². The molecule has 0 aliphatic rings. The minimum absolute atomic E-state index is 0.223. The Balaban J connectivity index is 3.06. The summed E-state index contributed by atoms with van der Waals surface area (Å²) in [6.07, 6.45) is 0. The second-order valence-electron chi connectivity index (χ2n) is 3.98. The van der Waals surface area contributed by atoms with Crippen LogP contribution in [0.2, 0.25) is 0 Å². The summed E-state index contributed by atoms with van der Waals surface area (Å²) < 4.78 is 5.16. The normalized spacial score (nSPS) is 11.9. The molecule has 0 bridgehead atoms. The molecule has 2 N–H and O–H groups in total. The van der Waals surface area contributed by atoms with Crippen LogP contribution >= 0.6 is 0 Å². The summed E-state index contributed by atoms with van der Waals surface area (Å²) in [4.78, 5) is 2.14. The summed E-state index contributed by atoms with van der Waals surface area (Å²) in [5.41, 5.74) is 8.17. The lowest BCUT2D eigenvalue weighted by atomic mass is 10.1. The first-order valence-electron chi connectivity index (χ1n) is 5.69. The Morgan fingerprint density at radius 2 is 2.24 bits per heavy atom. The molecule has 1 unspecified atom stereocenters. The van der Waals surface area contributed by atoms with E-state index >= 15 is 0 Å². The molecule has 0 fully saturated rings. The zero-order chi connectivity index (χ0) is 12.8. The van der Waals surface area contributed by atoms with Gasteiger partial charge in [0.25, 0.3) is 0 Å². The number of hydrogen-bond acceptors (Lipinski definition) is 4. The Bertz CT molecular complexity index is 412. The number of methoxy groups -OCH3 is 1. The van der Waals surface area contributed by atoms with Gasteiger partial charge in [-0.15, -0.1) is 0 Å². The van der Waals surface area contributed by atoms with Crippen LogP contribution in [0.5, 0.6) is 0 Å². The second-order valence-corrected chi connectivity index (χ2v) is 3.98. The van der Waals surface area contributed by atoms with E-state index in [1.54, 1.807) is 19.2 Å². The van der Waals surface area contributed by atoms with E-state index in [1.165, 1.54) is 0 Å². The molecular formula is C13H19N3O. The Morgan fingerprint density at radius 1 is 1.53 bits per heavy atom. The van der Waals surface area contributed by atoms with Crippen LogP contribution in [-0.4, -0.2) is 26.3 Å². The summed E-state index contributed by atoms with van der Waals surface area (Å²) in [5, 5.41) is 8.92. The summed E-state index contributed by atoms with van der Waals surface area (Å²) in [7, 11) is 1.68. The monoisotopic (exact) mass is 233 g/mol. The highest BCUT2D eigenvalue weighted by molar-refractivity contribution is 5.70. The third-order valence-corrected chi connectivity index (χ3v) is 2.75. The van der Waals surface area contributed by atoms with E-state index in [9.17, 15) is 0 Å². The summed E-state index contributed by atoms with van der Waals surface area (Å²) in [6, 6.07) is 7.68. The van der Waals surface area contributed by atoms with E-state index in [2.05, 4.69) is 24.8 Å². The number of benzene rings is 1. The van der Waals surface area contributed by atoms with Gasteiger partial charge >= 0.3 is 0 Å². The van der Waals surface area contributed by atoms with E-state index in [1.807, 2.05) is 6.07 Å². The molecule has 1 rings (SSSR count). The molecule has 0 radical (unpaired) electrons. The van der Waals surface area contributed by atoms with Crippen molar-refractivity contribution >= 4 is 11.4 Å². The number of rotatable bonds is 5. The molecule has 0 aliphatic carbocycles. The molecule has 0 heterocycles. The smallest absolute Gasteiger partial charge is 0.0992 e. The molecule has 1 aromatic rings. The molecule has 1 atom stereocenters. The van der Waals surface area contributed by atoms with Gasteiger partial charge in [-0.3, -0.25) is 0 Å². The topological polar surface area (TPSA) is 62.3 Å². The maximum Gasteiger partial charge on any atom is 0.0992 e. The number of ether oxygens (including phenoxy) is 1. The van der Waals surface area contributed by atoms with E-state index in [-0.39, 0.29) is 6.04 Å². The minimum atomic E-state index is 0.223.